The van der Waals surface area contributed by atoms with Crippen molar-refractivity contribution < 1.29 is 24.5 Å². The fourth-order valence-corrected chi connectivity index (χ4v) is 2.09. The molecule has 1 rings (SSSR count). The number of hydrogen-bond donors (Lipinski definition) is 3. The number of nitrogens with one attached hydrogen (secondary N) is 1. The SMILES string of the molecule is CC(C)(C)OC(=O)NCCC(O)C(O)c1cc(Cl)ccc1C=O. The molecule has 0 heterocycles. The second-order valence-electron chi connectivity index (χ2n) is 6.12. The van der Waals surface area contributed by atoms with Crippen molar-refractivity contribution in [3.63, 3.8) is 0 Å². The van der Waals surface area contributed by atoms with Gasteiger partial charge in [0.1, 0.15) is 18.0 Å². The summed E-state index contributed by atoms with van der Waals surface area (Å²) in [5, 5.41) is 23.0. The summed E-state index contributed by atoms with van der Waals surface area (Å²) in [6, 6.07) is 4.43. The average molecular weight is 344 g/mol. The molecule has 23 heavy (non-hydrogen) atoms. The third-order valence-electron chi connectivity index (χ3n) is 2.97. The van der Waals surface area contributed by atoms with Crippen molar-refractivity contribution in [1.29, 1.82) is 0 Å². The van der Waals surface area contributed by atoms with Crippen LogP contribution in [0.5, 0.6) is 0 Å². The summed E-state index contributed by atoms with van der Waals surface area (Å²) in [5.41, 5.74) is -0.111. The summed E-state index contributed by atoms with van der Waals surface area (Å²) in [6.45, 7) is 5.34. The number of hydrogen-bond acceptors (Lipinski definition) is 5. The quantitative estimate of drug-likeness (QED) is 0.689. The Morgan fingerprint density at radius 3 is 2.61 bits per heavy atom. The fraction of sp³-hybridized carbons (Fsp3) is 0.500. The third-order valence-corrected chi connectivity index (χ3v) is 3.20. The number of aliphatic hydroxyl groups excluding tert-OH is 2. The van der Waals surface area contributed by atoms with Crippen LogP contribution in [-0.4, -0.2) is 40.8 Å². The Morgan fingerprint density at radius 1 is 1.39 bits per heavy atom. The molecule has 1 amide bonds. The van der Waals surface area contributed by atoms with Crippen molar-refractivity contribution >= 4 is 24.0 Å². The van der Waals surface area contributed by atoms with E-state index in [-0.39, 0.29) is 24.1 Å². The number of halogens is 1. The lowest BCUT2D eigenvalue weighted by Crippen LogP contribution is -2.34. The topological polar surface area (TPSA) is 95.9 Å². The van der Waals surface area contributed by atoms with Crippen LogP contribution in [0, 0.1) is 0 Å². The molecule has 1 aromatic carbocycles. The lowest BCUT2D eigenvalue weighted by Gasteiger charge is -2.22. The zero-order valence-corrected chi connectivity index (χ0v) is 14.1. The Kier molecular flexibility index (Phi) is 7.00. The largest absolute Gasteiger partial charge is 0.444 e. The average Bonchev–Trinajstić information content (AvgIpc) is 2.44. The van der Waals surface area contributed by atoms with Gasteiger partial charge in [-0.2, -0.15) is 0 Å². The summed E-state index contributed by atoms with van der Waals surface area (Å²) < 4.78 is 5.06. The van der Waals surface area contributed by atoms with Crippen molar-refractivity contribution in [2.45, 2.75) is 45.0 Å². The van der Waals surface area contributed by atoms with Crippen LogP contribution < -0.4 is 5.32 Å². The normalized spacial score (nSPS) is 14.0. The van der Waals surface area contributed by atoms with Crippen LogP contribution in [0.2, 0.25) is 5.02 Å². The molecular formula is C16H22ClNO5. The number of aldehydes is 1. The number of alkyl carbamates (subject to hydrolysis) is 1. The van der Waals surface area contributed by atoms with E-state index in [1.54, 1.807) is 20.8 Å². The summed E-state index contributed by atoms with van der Waals surface area (Å²) in [6.07, 6.45) is -2.38. The smallest absolute Gasteiger partial charge is 0.407 e. The Balaban J connectivity index is 2.58. The van der Waals surface area contributed by atoms with Gasteiger partial charge in [-0.05, 0) is 51.0 Å². The number of rotatable bonds is 6. The summed E-state index contributed by atoms with van der Waals surface area (Å²) in [4.78, 5) is 22.5. The molecule has 0 aromatic heterocycles. The van der Waals surface area contributed by atoms with Gasteiger partial charge in [0.05, 0.1) is 6.10 Å². The van der Waals surface area contributed by atoms with E-state index >= 15 is 0 Å². The van der Waals surface area contributed by atoms with Gasteiger partial charge < -0.3 is 20.3 Å². The first-order valence-electron chi connectivity index (χ1n) is 7.21. The first kappa shape index (κ1) is 19.4. The minimum atomic E-state index is -1.28. The second-order valence-corrected chi connectivity index (χ2v) is 6.56. The molecule has 0 radical (unpaired) electrons. The zero-order valence-electron chi connectivity index (χ0n) is 13.4. The van der Waals surface area contributed by atoms with Crippen molar-refractivity contribution in [2.24, 2.45) is 0 Å². The molecule has 2 atom stereocenters. The minimum Gasteiger partial charge on any atom is -0.444 e. The standard InChI is InChI=1S/C16H22ClNO5/c1-16(2,3)23-15(22)18-7-6-13(20)14(21)12-8-11(17)5-4-10(12)9-19/h4-5,8-9,13-14,20-21H,6-7H2,1-3H3,(H,18,22). The van der Waals surface area contributed by atoms with Crippen molar-refractivity contribution in [3.8, 4) is 0 Å². The number of carbonyl (C=O) groups is 2. The summed E-state index contributed by atoms with van der Waals surface area (Å²) in [5.74, 6) is 0. The zero-order chi connectivity index (χ0) is 17.6. The van der Waals surface area contributed by atoms with E-state index in [0.717, 1.165) is 0 Å². The van der Waals surface area contributed by atoms with E-state index in [1.807, 2.05) is 0 Å². The first-order valence-corrected chi connectivity index (χ1v) is 7.59. The Morgan fingerprint density at radius 2 is 2.04 bits per heavy atom. The van der Waals surface area contributed by atoms with Crippen molar-refractivity contribution in [2.75, 3.05) is 6.54 Å². The second kappa shape index (κ2) is 8.29. The predicted molar refractivity (Wildman–Crippen MR) is 86.7 cm³/mol. The maximum Gasteiger partial charge on any atom is 0.407 e. The molecule has 0 saturated carbocycles. The van der Waals surface area contributed by atoms with Gasteiger partial charge >= 0.3 is 6.09 Å². The highest BCUT2D eigenvalue weighted by atomic mass is 35.5. The lowest BCUT2D eigenvalue weighted by molar-refractivity contribution is 0.0120. The van der Waals surface area contributed by atoms with Gasteiger partial charge in [-0.3, -0.25) is 4.79 Å². The molecule has 0 aliphatic rings. The summed E-state index contributed by atoms with van der Waals surface area (Å²) >= 11 is 5.85. The number of carbonyl (C=O) groups excluding carboxylic acids is 2. The predicted octanol–water partition coefficient (Wildman–Crippen LogP) is 2.46. The highest BCUT2D eigenvalue weighted by molar-refractivity contribution is 6.30. The molecule has 7 heteroatoms. The van der Waals surface area contributed by atoms with Gasteiger partial charge in [-0.1, -0.05) is 11.6 Å². The highest BCUT2D eigenvalue weighted by Gasteiger charge is 2.22. The molecule has 2 unspecified atom stereocenters. The molecule has 0 bridgehead atoms. The van der Waals surface area contributed by atoms with E-state index in [9.17, 15) is 19.8 Å². The highest BCUT2D eigenvalue weighted by Crippen LogP contribution is 2.25. The van der Waals surface area contributed by atoms with Gasteiger partial charge in [-0.25, -0.2) is 4.79 Å². The lowest BCUT2D eigenvalue weighted by atomic mass is 9.97. The Labute approximate surface area is 140 Å². The van der Waals surface area contributed by atoms with E-state index < -0.39 is 23.9 Å². The Hall–Kier alpha value is -1.63. The molecule has 1 aromatic rings. The van der Waals surface area contributed by atoms with E-state index in [2.05, 4.69) is 5.32 Å². The molecule has 0 saturated heterocycles. The number of benzene rings is 1. The van der Waals surface area contributed by atoms with Gasteiger partial charge in [-0.15, -0.1) is 0 Å². The summed E-state index contributed by atoms with van der Waals surface area (Å²) in [7, 11) is 0. The molecule has 128 valence electrons. The van der Waals surface area contributed by atoms with Crippen LogP contribution >= 0.6 is 11.6 Å². The molecule has 3 N–H and O–H groups in total. The maximum atomic E-state index is 11.5. The van der Waals surface area contributed by atoms with Gasteiger partial charge in [0.15, 0.2) is 0 Å². The molecule has 0 fully saturated rings. The van der Waals surface area contributed by atoms with Crippen LogP contribution in [0.1, 0.15) is 49.2 Å². The van der Waals surface area contributed by atoms with Crippen LogP contribution in [-0.2, 0) is 4.74 Å². The van der Waals surface area contributed by atoms with E-state index in [0.29, 0.717) is 11.3 Å². The van der Waals surface area contributed by atoms with Crippen molar-refractivity contribution in [1.82, 2.24) is 5.32 Å². The number of amides is 1. The Bertz CT molecular complexity index is 556. The fourth-order valence-electron chi connectivity index (χ4n) is 1.91. The van der Waals surface area contributed by atoms with E-state index in [1.165, 1.54) is 18.2 Å². The third kappa shape index (κ3) is 6.56. The minimum absolute atomic E-state index is 0.0885. The van der Waals surface area contributed by atoms with Gasteiger partial charge in [0, 0.05) is 17.1 Å². The molecule has 0 aliphatic heterocycles. The van der Waals surface area contributed by atoms with Crippen LogP contribution in [0.4, 0.5) is 4.79 Å². The van der Waals surface area contributed by atoms with Crippen LogP contribution in [0.15, 0.2) is 18.2 Å². The molecular weight excluding hydrogens is 322 g/mol. The monoisotopic (exact) mass is 343 g/mol. The first-order chi connectivity index (χ1) is 10.6. The maximum absolute atomic E-state index is 11.5. The molecule has 6 nitrogen and oxygen atoms in total. The number of aliphatic hydroxyl groups is 2. The van der Waals surface area contributed by atoms with Gasteiger partial charge in [0.25, 0.3) is 0 Å². The van der Waals surface area contributed by atoms with Gasteiger partial charge in [0.2, 0.25) is 0 Å². The van der Waals surface area contributed by atoms with Crippen LogP contribution in [0.25, 0.3) is 0 Å². The number of ether oxygens (including phenoxy) is 1. The molecule has 0 aliphatic carbocycles. The van der Waals surface area contributed by atoms with E-state index in [4.69, 9.17) is 16.3 Å². The van der Waals surface area contributed by atoms with Crippen LogP contribution in [0.3, 0.4) is 0 Å². The van der Waals surface area contributed by atoms with Crippen molar-refractivity contribution in [3.05, 3.63) is 34.3 Å². The molecule has 0 spiro atoms.